The molecule has 0 atom stereocenters. The van der Waals surface area contributed by atoms with E-state index in [2.05, 4.69) is 25.0 Å². The first-order valence-electron chi connectivity index (χ1n) is 12.6. The molecule has 3 fully saturated rings. The van der Waals surface area contributed by atoms with Gasteiger partial charge in [0.2, 0.25) is 5.95 Å². The van der Waals surface area contributed by atoms with E-state index in [9.17, 15) is 22.0 Å². The first-order valence-corrected chi connectivity index (χ1v) is 13.0. The second kappa shape index (κ2) is 8.73. The topological polar surface area (TPSA) is 56.6 Å². The molecule has 39 heavy (non-hydrogen) atoms. The smallest absolute Gasteiger partial charge is 0.353 e. The summed E-state index contributed by atoms with van der Waals surface area (Å²) in [6, 6.07) is 6.44. The Morgan fingerprint density at radius 2 is 1.72 bits per heavy atom. The normalized spacial score (nSPS) is 21.2. The van der Waals surface area contributed by atoms with Gasteiger partial charge in [0, 0.05) is 68.4 Å². The molecule has 1 aromatic carbocycles. The van der Waals surface area contributed by atoms with Gasteiger partial charge < -0.3 is 9.80 Å². The predicted octanol–water partition coefficient (Wildman–Crippen LogP) is 3.48. The Morgan fingerprint density at radius 3 is 2.44 bits per heavy atom. The second-order valence-electron chi connectivity index (χ2n) is 11.1. The third kappa shape index (κ3) is 4.40. The number of alkyl halides is 3. The zero-order valence-corrected chi connectivity index (χ0v) is 21.4. The Hall–Kier alpha value is -3.03. The molecule has 0 unspecified atom stereocenters. The van der Waals surface area contributed by atoms with Crippen LogP contribution in [0.5, 0.6) is 0 Å². The fourth-order valence-corrected chi connectivity index (χ4v) is 6.48. The summed E-state index contributed by atoms with van der Waals surface area (Å²) in [6.07, 6.45) is -3.19. The van der Waals surface area contributed by atoms with E-state index >= 15 is 0 Å². The van der Waals surface area contributed by atoms with Crippen molar-refractivity contribution in [1.29, 1.82) is 0 Å². The largest absolute Gasteiger partial charge is 0.401 e. The summed E-state index contributed by atoms with van der Waals surface area (Å²) in [6.45, 7) is 3.38. The highest BCUT2D eigenvalue weighted by atomic mass is 35.5. The lowest BCUT2D eigenvalue weighted by Crippen LogP contribution is -2.73. The van der Waals surface area contributed by atoms with Gasteiger partial charge in [-0.05, 0) is 23.8 Å². The average molecular weight is 567 g/mol. The summed E-state index contributed by atoms with van der Waals surface area (Å²) in [5.41, 5.74) is 1.82. The highest BCUT2D eigenvalue weighted by Gasteiger charge is 2.54. The molecule has 0 N–H and O–H groups in total. The number of likely N-dealkylation sites (tertiary alicyclic amines) is 1. The summed E-state index contributed by atoms with van der Waals surface area (Å²) in [5, 5.41) is 9.56. The van der Waals surface area contributed by atoms with Gasteiger partial charge in [-0.25, -0.2) is 13.8 Å². The Balaban J connectivity index is 1.09. The molecule has 8 nitrogen and oxygen atoms in total. The van der Waals surface area contributed by atoms with Crippen molar-refractivity contribution in [2.75, 3.05) is 55.6 Å². The molecule has 3 aromatic rings. The van der Waals surface area contributed by atoms with Crippen LogP contribution in [0.4, 0.5) is 33.7 Å². The van der Waals surface area contributed by atoms with Gasteiger partial charge in [-0.15, -0.1) is 10.2 Å². The standard InChI is InChI=1S/C25H24ClF5N8/c26-16-1-2-20-15(3-16)6-36(18-7-35(8-18)14-25(29,30)31)9-21-33-34-23(39(20)21)38-12-24(13-38)10-37(11-24)22-19(28)4-17(27)5-32-22/h1-5,18H,6-14H2. The summed E-state index contributed by atoms with van der Waals surface area (Å²) in [4.78, 5) is 11.4. The number of fused-ring (bicyclic) bond motifs is 3. The number of hydrogen-bond acceptors (Lipinski definition) is 7. The third-order valence-corrected chi connectivity index (χ3v) is 8.28. The number of aromatic nitrogens is 4. The fraction of sp³-hybridized carbons (Fsp3) is 0.480. The number of hydrogen-bond donors (Lipinski definition) is 0. The Labute approximate surface area is 225 Å². The lowest BCUT2D eigenvalue weighted by Gasteiger charge is -2.60. The van der Waals surface area contributed by atoms with Gasteiger partial charge in [-0.1, -0.05) is 11.6 Å². The van der Waals surface area contributed by atoms with Gasteiger partial charge in [-0.3, -0.25) is 14.4 Å². The van der Waals surface area contributed by atoms with Crippen molar-refractivity contribution >= 4 is 23.4 Å². The van der Waals surface area contributed by atoms with E-state index < -0.39 is 24.4 Å². The van der Waals surface area contributed by atoms with Crippen molar-refractivity contribution in [2.45, 2.75) is 25.3 Å². The van der Waals surface area contributed by atoms with Gasteiger partial charge in [-0.2, -0.15) is 13.2 Å². The third-order valence-electron chi connectivity index (χ3n) is 8.05. The number of rotatable bonds is 4. The molecule has 3 saturated heterocycles. The molecule has 0 amide bonds. The molecule has 14 heteroatoms. The highest BCUT2D eigenvalue weighted by Crippen LogP contribution is 2.44. The second-order valence-corrected chi connectivity index (χ2v) is 11.5. The molecule has 0 radical (unpaired) electrons. The number of nitrogens with zero attached hydrogens (tertiary/aromatic N) is 8. The van der Waals surface area contributed by atoms with Crippen molar-refractivity contribution in [3.8, 4) is 5.69 Å². The van der Waals surface area contributed by atoms with Crippen molar-refractivity contribution in [2.24, 2.45) is 5.41 Å². The minimum Gasteiger partial charge on any atom is -0.353 e. The summed E-state index contributed by atoms with van der Waals surface area (Å²) in [5.74, 6) is 0.195. The Kier molecular flexibility index (Phi) is 5.59. The maximum Gasteiger partial charge on any atom is 0.401 e. The molecular formula is C25H24ClF5N8. The molecule has 2 aromatic heterocycles. The number of halogens is 6. The van der Waals surface area contributed by atoms with Crippen molar-refractivity contribution in [3.05, 3.63) is 58.5 Å². The first-order chi connectivity index (χ1) is 18.6. The van der Waals surface area contributed by atoms with Gasteiger partial charge in [0.25, 0.3) is 0 Å². The zero-order valence-electron chi connectivity index (χ0n) is 20.7. The molecular weight excluding hydrogens is 543 g/mol. The van der Waals surface area contributed by atoms with Crippen LogP contribution < -0.4 is 9.80 Å². The van der Waals surface area contributed by atoms with Gasteiger partial charge in [0.1, 0.15) is 5.82 Å². The van der Waals surface area contributed by atoms with Gasteiger partial charge >= 0.3 is 6.18 Å². The maximum absolute atomic E-state index is 14.2. The van der Waals surface area contributed by atoms with Crippen molar-refractivity contribution in [3.63, 3.8) is 0 Å². The minimum absolute atomic E-state index is 0.0282. The van der Waals surface area contributed by atoms with E-state index in [0.29, 0.717) is 69.2 Å². The predicted molar refractivity (Wildman–Crippen MR) is 133 cm³/mol. The first kappa shape index (κ1) is 25.0. The molecule has 0 saturated carbocycles. The Morgan fingerprint density at radius 1 is 0.974 bits per heavy atom. The van der Waals surface area contributed by atoms with E-state index in [4.69, 9.17) is 11.6 Å². The van der Waals surface area contributed by atoms with E-state index in [1.165, 1.54) is 4.90 Å². The minimum atomic E-state index is -4.21. The Bertz CT molecular complexity index is 1420. The van der Waals surface area contributed by atoms with Crippen LogP contribution in [0.2, 0.25) is 5.02 Å². The molecule has 4 aliphatic heterocycles. The lowest BCUT2D eigenvalue weighted by molar-refractivity contribution is -0.161. The fourth-order valence-electron chi connectivity index (χ4n) is 6.29. The monoisotopic (exact) mass is 566 g/mol. The summed E-state index contributed by atoms with van der Waals surface area (Å²) < 4.78 is 67.8. The molecule has 6 heterocycles. The summed E-state index contributed by atoms with van der Waals surface area (Å²) >= 11 is 6.33. The van der Waals surface area contributed by atoms with Crippen LogP contribution in [0.15, 0.2) is 30.5 Å². The number of anilines is 2. The van der Waals surface area contributed by atoms with Crippen molar-refractivity contribution < 1.29 is 22.0 Å². The van der Waals surface area contributed by atoms with Crippen LogP contribution in [0, 0.1) is 17.0 Å². The zero-order chi connectivity index (χ0) is 27.1. The SMILES string of the molecule is Fc1cnc(N2CC3(C2)CN(c2nnc4n2-c2ccc(Cl)cc2CN(C2CN(CC(F)(F)F)C2)C4)C3)c(F)c1. The molecule has 1 spiro atoms. The number of pyridine rings is 1. The van der Waals surface area contributed by atoms with Crippen LogP contribution in [-0.4, -0.2) is 87.6 Å². The van der Waals surface area contributed by atoms with Gasteiger partial charge in [0.05, 0.1) is 25.0 Å². The van der Waals surface area contributed by atoms with Crippen LogP contribution >= 0.6 is 11.6 Å². The van der Waals surface area contributed by atoms with Gasteiger partial charge in [0.15, 0.2) is 17.5 Å². The van der Waals surface area contributed by atoms with Crippen LogP contribution in [0.3, 0.4) is 0 Å². The highest BCUT2D eigenvalue weighted by molar-refractivity contribution is 6.30. The van der Waals surface area contributed by atoms with Crippen LogP contribution in [0.1, 0.15) is 11.4 Å². The summed E-state index contributed by atoms with van der Waals surface area (Å²) in [7, 11) is 0. The van der Waals surface area contributed by atoms with Crippen LogP contribution in [-0.2, 0) is 13.1 Å². The van der Waals surface area contributed by atoms with Crippen LogP contribution in [0.25, 0.3) is 5.69 Å². The molecule has 0 aliphatic carbocycles. The average Bonchev–Trinajstić information content (AvgIpc) is 3.10. The van der Waals surface area contributed by atoms with E-state index in [0.717, 1.165) is 23.5 Å². The number of benzene rings is 1. The molecule has 7 rings (SSSR count). The van der Waals surface area contributed by atoms with E-state index in [1.54, 1.807) is 0 Å². The maximum atomic E-state index is 14.2. The lowest BCUT2D eigenvalue weighted by atomic mass is 9.73. The van der Waals surface area contributed by atoms with E-state index in [1.807, 2.05) is 27.7 Å². The quantitative estimate of drug-likeness (QED) is 0.448. The molecule has 0 bridgehead atoms. The molecule has 206 valence electrons. The molecule has 4 aliphatic rings. The van der Waals surface area contributed by atoms with E-state index in [-0.39, 0.29) is 17.3 Å². The van der Waals surface area contributed by atoms with Crippen molar-refractivity contribution in [1.82, 2.24) is 29.5 Å².